The van der Waals surface area contributed by atoms with E-state index in [0.717, 1.165) is 31.5 Å². The first-order chi connectivity index (χ1) is 15.9. The van der Waals surface area contributed by atoms with Crippen molar-refractivity contribution in [2.75, 3.05) is 19.6 Å². The Morgan fingerprint density at radius 1 is 1.21 bits per heavy atom. The third-order valence-electron chi connectivity index (χ3n) is 5.99. The summed E-state index contributed by atoms with van der Waals surface area (Å²) in [5.41, 5.74) is 1.49. The number of nitrogens with one attached hydrogen (secondary N) is 1. The normalized spacial score (nSPS) is 15.1. The molecule has 0 saturated carbocycles. The molecule has 1 aliphatic rings. The van der Waals surface area contributed by atoms with Crippen molar-refractivity contribution in [2.24, 2.45) is 0 Å². The van der Waals surface area contributed by atoms with Crippen molar-refractivity contribution < 1.29 is 14.1 Å². The van der Waals surface area contributed by atoms with Gasteiger partial charge in [0.2, 0.25) is 5.91 Å². The second-order valence-electron chi connectivity index (χ2n) is 8.12. The monoisotopic (exact) mass is 472 g/mol. The number of carbonyl (C=O) groups is 1. The van der Waals surface area contributed by atoms with Crippen LogP contribution in [0.5, 0.6) is 0 Å². The number of oxazole rings is 1. The molecule has 1 unspecified atom stereocenters. The van der Waals surface area contributed by atoms with Crippen molar-refractivity contribution >= 4 is 34.3 Å². The molecular formula is C23H25ClN4O5. The SMILES string of the molecule is O=C(CCCn1c(=O)oc2cc([N+](=O)[O-])ccc21)NCC(c1ccccc1Cl)N1CCCC1. The number of nitrogens with zero attached hydrogens (tertiary/aromatic N) is 3. The maximum Gasteiger partial charge on any atom is 0.419 e. The Kier molecular flexibility index (Phi) is 7.10. The highest BCUT2D eigenvalue weighted by Crippen LogP contribution is 2.29. The Balaban J connectivity index is 1.35. The number of fused-ring (bicyclic) bond motifs is 1. The summed E-state index contributed by atoms with van der Waals surface area (Å²) >= 11 is 6.43. The molecule has 0 aliphatic carbocycles. The number of rotatable bonds is 9. The van der Waals surface area contributed by atoms with E-state index in [1.54, 1.807) is 0 Å². The van der Waals surface area contributed by atoms with E-state index in [0.29, 0.717) is 23.5 Å². The number of carbonyl (C=O) groups excluding carboxylic acids is 1. The predicted molar refractivity (Wildman–Crippen MR) is 124 cm³/mol. The van der Waals surface area contributed by atoms with Gasteiger partial charge in [-0.2, -0.15) is 0 Å². The van der Waals surface area contributed by atoms with Crippen molar-refractivity contribution in [1.29, 1.82) is 0 Å². The van der Waals surface area contributed by atoms with Crippen LogP contribution in [0.2, 0.25) is 5.02 Å². The zero-order chi connectivity index (χ0) is 23.4. The second kappa shape index (κ2) is 10.2. The Hall–Kier alpha value is -3.17. The number of nitro groups is 1. The fourth-order valence-corrected chi connectivity index (χ4v) is 4.57. The van der Waals surface area contributed by atoms with Crippen molar-refractivity contribution in [3.8, 4) is 0 Å². The quantitative estimate of drug-likeness (QED) is 0.373. The smallest absolute Gasteiger partial charge is 0.407 e. The van der Waals surface area contributed by atoms with Crippen LogP contribution >= 0.6 is 11.6 Å². The molecule has 4 rings (SSSR count). The molecule has 1 atom stereocenters. The summed E-state index contributed by atoms with van der Waals surface area (Å²) in [4.78, 5) is 37.4. The predicted octanol–water partition coefficient (Wildman–Crippen LogP) is 3.89. The van der Waals surface area contributed by atoms with E-state index in [1.807, 2.05) is 24.3 Å². The van der Waals surface area contributed by atoms with E-state index in [9.17, 15) is 19.7 Å². The van der Waals surface area contributed by atoms with Gasteiger partial charge in [-0.3, -0.25) is 24.4 Å². The third kappa shape index (κ3) is 5.26. The number of halogens is 1. The molecule has 10 heteroatoms. The largest absolute Gasteiger partial charge is 0.419 e. The van der Waals surface area contributed by atoms with Gasteiger partial charge in [0.25, 0.3) is 5.69 Å². The van der Waals surface area contributed by atoms with E-state index < -0.39 is 10.7 Å². The van der Waals surface area contributed by atoms with Crippen LogP contribution in [0.25, 0.3) is 11.1 Å². The number of amides is 1. The van der Waals surface area contributed by atoms with Crippen molar-refractivity contribution in [3.05, 3.63) is 73.7 Å². The number of aryl methyl sites for hydroxylation is 1. The highest BCUT2D eigenvalue weighted by molar-refractivity contribution is 6.31. The maximum atomic E-state index is 12.5. The van der Waals surface area contributed by atoms with Crippen LogP contribution in [0.3, 0.4) is 0 Å². The third-order valence-corrected chi connectivity index (χ3v) is 6.33. The number of hydrogen-bond acceptors (Lipinski definition) is 6. The first kappa shape index (κ1) is 23.0. The summed E-state index contributed by atoms with van der Waals surface area (Å²) in [5, 5.41) is 14.6. The van der Waals surface area contributed by atoms with Crippen LogP contribution < -0.4 is 11.1 Å². The number of likely N-dealkylation sites (tertiary alicyclic amines) is 1. The molecule has 1 fully saturated rings. The minimum absolute atomic E-state index is 0.0152. The Bertz CT molecular complexity index is 1220. The molecule has 1 N–H and O–H groups in total. The summed E-state index contributed by atoms with van der Waals surface area (Å²) in [6.45, 7) is 2.68. The van der Waals surface area contributed by atoms with E-state index >= 15 is 0 Å². The van der Waals surface area contributed by atoms with Crippen LogP contribution in [0.1, 0.15) is 37.3 Å². The van der Waals surface area contributed by atoms with E-state index in [-0.39, 0.29) is 36.2 Å². The first-order valence-electron chi connectivity index (χ1n) is 11.0. The van der Waals surface area contributed by atoms with Gasteiger partial charge in [0, 0.05) is 30.6 Å². The standard InChI is InChI=1S/C23H25ClN4O5/c24-18-7-2-1-6-17(18)20(26-11-3-4-12-26)15-25-22(29)8-5-13-27-19-10-9-16(28(31)32)14-21(19)33-23(27)30/h1-2,6-7,9-10,14,20H,3-5,8,11-13,15H2,(H,25,29). The van der Waals surface area contributed by atoms with Crippen molar-refractivity contribution in [3.63, 3.8) is 0 Å². The minimum Gasteiger partial charge on any atom is -0.407 e. The first-order valence-corrected chi connectivity index (χ1v) is 11.3. The van der Waals surface area contributed by atoms with E-state index in [2.05, 4.69) is 10.2 Å². The lowest BCUT2D eigenvalue weighted by molar-refractivity contribution is -0.384. The summed E-state index contributed by atoms with van der Waals surface area (Å²) in [6.07, 6.45) is 2.93. The van der Waals surface area contributed by atoms with Gasteiger partial charge >= 0.3 is 5.76 Å². The minimum atomic E-state index is -0.598. The summed E-state index contributed by atoms with van der Waals surface area (Å²) < 4.78 is 6.52. The highest BCUT2D eigenvalue weighted by atomic mass is 35.5. The number of benzene rings is 2. The zero-order valence-electron chi connectivity index (χ0n) is 18.0. The summed E-state index contributed by atoms with van der Waals surface area (Å²) in [6, 6.07) is 11.8. The molecule has 2 aromatic carbocycles. The molecule has 1 saturated heterocycles. The average molecular weight is 473 g/mol. The Morgan fingerprint density at radius 3 is 2.70 bits per heavy atom. The molecule has 33 heavy (non-hydrogen) atoms. The van der Waals surface area contributed by atoms with Crippen LogP contribution in [0.15, 0.2) is 51.7 Å². The van der Waals surface area contributed by atoms with E-state index in [4.69, 9.17) is 16.0 Å². The Morgan fingerprint density at radius 2 is 1.97 bits per heavy atom. The van der Waals surface area contributed by atoms with Crippen LogP contribution in [-0.4, -0.2) is 39.9 Å². The summed E-state index contributed by atoms with van der Waals surface area (Å²) in [5.74, 6) is -0.707. The molecule has 0 spiro atoms. The maximum absolute atomic E-state index is 12.5. The van der Waals surface area contributed by atoms with Gasteiger partial charge < -0.3 is 9.73 Å². The van der Waals surface area contributed by atoms with Crippen LogP contribution in [0.4, 0.5) is 5.69 Å². The van der Waals surface area contributed by atoms with Gasteiger partial charge in [0.15, 0.2) is 5.58 Å². The average Bonchev–Trinajstić information content (AvgIpc) is 3.43. The Labute approximate surface area is 195 Å². The number of hydrogen-bond donors (Lipinski definition) is 1. The van der Waals surface area contributed by atoms with Gasteiger partial charge in [-0.1, -0.05) is 29.8 Å². The molecule has 174 valence electrons. The molecule has 3 aromatic rings. The fourth-order valence-electron chi connectivity index (χ4n) is 4.31. The van der Waals surface area contributed by atoms with Gasteiger partial charge in [-0.15, -0.1) is 0 Å². The number of non-ortho nitro benzene ring substituents is 1. The molecular weight excluding hydrogens is 448 g/mol. The fraction of sp³-hybridized carbons (Fsp3) is 0.391. The van der Waals surface area contributed by atoms with E-state index in [1.165, 1.54) is 22.8 Å². The zero-order valence-corrected chi connectivity index (χ0v) is 18.8. The number of aromatic nitrogens is 1. The second-order valence-corrected chi connectivity index (χ2v) is 8.52. The van der Waals surface area contributed by atoms with Crippen molar-refractivity contribution in [1.82, 2.24) is 14.8 Å². The van der Waals surface area contributed by atoms with Crippen LogP contribution in [0, 0.1) is 10.1 Å². The molecule has 1 aliphatic heterocycles. The lowest BCUT2D eigenvalue weighted by Crippen LogP contribution is -2.37. The molecule has 1 amide bonds. The topological polar surface area (TPSA) is 111 Å². The molecule has 2 heterocycles. The van der Waals surface area contributed by atoms with Crippen LogP contribution in [-0.2, 0) is 11.3 Å². The lowest BCUT2D eigenvalue weighted by atomic mass is 10.1. The van der Waals surface area contributed by atoms with Gasteiger partial charge in [0.1, 0.15) is 0 Å². The molecule has 0 bridgehead atoms. The van der Waals surface area contributed by atoms with Gasteiger partial charge in [-0.25, -0.2) is 4.79 Å². The number of nitro benzene ring substituents is 1. The molecule has 1 aromatic heterocycles. The molecule has 0 radical (unpaired) electrons. The van der Waals surface area contributed by atoms with Gasteiger partial charge in [-0.05, 0) is 50.0 Å². The molecule has 9 nitrogen and oxygen atoms in total. The highest BCUT2D eigenvalue weighted by Gasteiger charge is 2.25. The summed E-state index contributed by atoms with van der Waals surface area (Å²) in [7, 11) is 0. The van der Waals surface area contributed by atoms with Crippen molar-refractivity contribution in [2.45, 2.75) is 38.3 Å². The lowest BCUT2D eigenvalue weighted by Gasteiger charge is -2.29. The van der Waals surface area contributed by atoms with Gasteiger partial charge in [0.05, 0.1) is 22.5 Å².